The van der Waals surface area contributed by atoms with Gasteiger partial charge in [-0.25, -0.2) is 0 Å². The minimum Gasteiger partial charge on any atom is -0.463 e. The molecule has 106 valence electrons. The Kier molecular flexibility index (Phi) is 3.40. The second-order valence-electron chi connectivity index (χ2n) is 5.58. The van der Waals surface area contributed by atoms with Gasteiger partial charge in [-0.2, -0.15) is 0 Å². The molecule has 1 aromatic rings. The highest BCUT2D eigenvalue weighted by Gasteiger charge is 2.67. The van der Waals surface area contributed by atoms with Crippen LogP contribution in [0.3, 0.4) is 0 Å². The zero-order valence-corrected chi connectivity index (χ0v) is 12.6. The van der Waals surface area contributed by atoms with Gasteiger partial charge in [-0.1, -0.05) is 0 Å². The summed E-state index contributed by atoms with van der Waals surface area (Å²) in [6.07, 6.45) is 0.414. The first-order valence-electron chi connectivity index (χ1n) is 6.04. The Balaban J connectivity index is 1.97. The van der Waals surface area contributed by atoms with E-state index >= 15 is 0 Å². The average molecular weight is 306 g/mol. The molecule has 0 aliphatic heterocycles. The van der Waals surface area contributed by atoms with Gasteiger partial charge in [0.25, 0.3) is 0 Å². The summed E-state index contributed by atoms with van der Waals surface area (Å²) < 4.78 is 4.36. The van der Waals surface area contributed by atoms with Crippen LogP contribution < -0.4 is 5.32 Å². The van der Waals surface area contributed by atoms with Crippen molar-refractivity contribution in [2.75, 3.05) is 6.54 Å². The van der Waals surface area contributed by atoms with Gasteiger partial charge in [-0.15, -0.1) is 23.2 Å². The molecule has 2 N–H and O–H groups in total. The number of nitrogens with one attached hydrogen (secondary N) is 1. The van der Waals surface area contributed by atoms with Crippen molar-refractivity contribution < 1.29 is 14.3 Å². The number of halogens is 2. The molecule has 0 bridgehead atoms. The summed E-state index contributed by atoms with van der Waals surface area (Å²) in [6, 6.07) is 3.45. The molecule has 4 nitrogen and oxygen atoms in total. The van der Waals surface area contributed by atoms with Crippen LogP contribution in [-0.4, -0.2) is 21.9 Å². The number of carbonyl (C=O) groups excluding carboxylic acids is 1. The van der Waals surface area contributed by atoms with Crippen molar-refractivity contribution in [3.05, 3.63) is 23.7 Å². The molecular formula is C13H17Cl2NO3. The molecule has 1 aliphatic carbocycles. The fraction of sp³-hybridized carbons (Fsp3) is 0.615. The Morgan fingerprint density at radius 1 is 1.58 bits per heavy atom. The smallest absolute Gasteiger partial charge is 0.229 e. The lowest BCUT2D eigenvalue weighted by Crippen LogP contribution is -2.42. The molecule has 2 rings (SSSR count). The minimum absolute atomic E-state index is 0.0399. The summed E-state index contributed by atoms with van der Waals surface area (Å²) in [4.78, 5) is 12.0. The summed E-state index contributed by atoms with van der Waals surface area (Å²) in [5, 5.41) is 13.0. The normalized spacial score (nSPS) is 27.7. The molecule has 0 radical (unpaired) electrons. The molecule has 1 fully saturated rings. The Labute approximate surface area is 122 Å². The molecule has 2 atom stereocenters. The Morgan fingerprint density at radius 3 is 2.58 bits per heavy atom. The standard InChI is InChI=1S/C13H17Cl2NO3/c1-8-4-5-9(19-8)12(3,18)7-16-10(17)11(2)6-13(11,14)15/h4-5,18H,6-7H2,1-3H3,(H,16,17). The number of carbonyl (C=O) groups is 1. The molecule has 2 unspecified atom stereocenters. The molecule has 19 heavy (non-hydrogen) atoms. The summed E-state index contributed by atoms with van der Waals surface area (Å²) in [5.41, 5.74) is -2.05. The summed E-state index contributed by atoms with van der Waals surface area (Å²) in [7, 11) is 0. The monoisotopic (exact) mass is 305 g/mol. The number of aryl methyl sites for hydroxylation is 1. The van der Waals surface area contributed by atoms with Crippen molar-refractivity contribution in [1.82, 2.24) is 5.32 Å². The minimum atomic E-state index is -1.27. The highest BCUT2D eigenvalue weighted by molar-refractivity contribution is 6.53. The predicted molar refractivity (Wildman–Crippen MR) is 73.2 cm³/mol. The van der Waals surface area contributed by atoms with E-state index in [1.807, 2.05) is 0 Å². The van der Waals surface area contributed by atoms with Gasteiger partial charge in [0.05, 0.1) is 12.0 Å². The van der Waals surface area contributed by atoms with E-state index in [0.29, 0.717) is 17.9 Å². The lowest BCUT2D eigenvalue weighted by atomic mass is 10.0. The topological polar surface area (TPSA) is 62.5 Å². The fourth-order valence-electron chi connectivity index (χ4n) is 1.90. The zero-order valence-electron chi connectivity index (χ0n) is 11.1. The SMILES string of the molecule is Cc1ccc(C(C)(O)CNC(=O)C2(C)CC2(Cl)Cl)o1. The zero-order chi connectivity index (χ0) is 14.5. The molecule has 1 aromatic heterocycles. The third-order valence-electron chi connectivity index (χ3n) is 3.62. The second-order valence-corrected chi connectivity index (χ2v) is 7.06. The number of alkyl halides is 2. The third-order valence-corrected chi connectivity index (χ3v) is 4.72. The van der Waals surface area contributed by atoms with Crippen molar-refractivity contribution in [1.29, 1.82) is 0 Å². The number of hydrogen-bond acceptors (Lipinski definition) is 3. The van der Waals surface area contributed by atoms with Crippen molar-refractivity contribution in [3.63, 3.8) is 0 Å². The van der Waals surface area contributed by atoms with Crippen molar-refractivity contribution in [2.24, 2.45) is 5.41 Å². The van der Waals surface area contributed by atoms with E-state index in [1.54, 1.807) is 32.9 Å². The Hall–Kier alpha value is -0.710. The van der Waals surface area contributed by atoms with Gasteiger partial charge in [0.1, 0.15) is 21.5 Å². The van der Waals surface area contributed by atoms with Gasteiger partial charge in [-0.3, -0.25) is 4.79 Å². The number of furan rings is 1. The lowest BCUT2D eigenvalue weighted by Gasteiger charge is -2.22. The number of hydrogen-bond donors (Lipinski definition) is 2. The molecule has 0 saturated heterocycles. The highest BCUT2D eigenvalue weighted by Crippen LogP contribution is 2.63. The van der Waals surface area contributed by atoms with Gasteiger partial charge in [-0.05, 0) is 39.3 Å². The van der Waals surface area contributed by atoms with Gasteiger partial charge in [0, 0.05) is 0 Å². The maximum Gasteiger partial charge on any atom is 0.229 e. The van der Waals surface area contributed by atoms with E-state index in [9.17, 15) is 9.90 Å². The van der Waals surface area contributed by atoms with E-state index < -0.39 is 15.3 Å². The maximum atomic E-state index is 12.0. The molecule has 1 heterocycles. The Morgan fingerprint density at radius 2 is 2.16 bits per heavy atom. The van der Waals surface area contributed by atoms with Crippen molar-refractivity contribution in [2.45, 2.75) is 37.1 Å². The van der Waals surface area contributed by atoms with Crippen LogP contribution >= 0.6 is 23.2 Å². The van der Waals surface area contributed by atoms with Gasteiger partial charge in [0.2, 0.25) is 5.91 Å². The van der Waals surface area contributed by atoms with Crippen LogP contribution in [0.25, 0.3) is 0 Å². The molecular weight excluding hydrogens is 289 g/mol. The van der Waals surface area contributed by atoms with E-state index in [4.69, 9.17) is 27.6 Å². The van der Waals surface area contributed by atoms with Crippen LogP contribution in [0.1, 0.15) is 31.8 Å². The highest BCUT2D eigenvalue weighted by atomic mass is 35.5. The van der Waals surface area contributed by atoms with Crippen LogP contribution in [0.4, 0.5) is 0 Å². The molecule has 0 spiro atoms. The molecule has 0 aromatic carbocycles. The first kappa shape index (κ1) is 14.7. The number of aliphatic hydroxyl groups is 1. The van der Waals surface area contributed by atoms with Gasteiger partial charge >= 0.3 is 0 Å². The van der Waals surface area contributed by atoms with Gasteiger partial charge in [0.15, 0.2) is 0 Å². The molecule has 1 amide bonds. The fourth-order valence-corrected chi connectivity index (χ4v) is 2.61. The van der Waals surface area contributed by atoms with Crippen molar-refractivity contribution in [3.8, 4) is 0 Å². The van der Waals surface area contributed by atoms with E-state index in [1.165, 1.54) is 0 Å². The maximum absolute atomic E-state index is 12.0. The molecule has 6 heteroatoms. The quantitative estimate of drug-likeness (QED) is 0.840. The first-order valence-corrected chi connectivity index (χ1v) is 6.79. The number of rotatable bonds is 4. The van der Waals surface area contributed by atoms with Crippen LogP contribution in [0.5, 0.6) is 0 Å². The second kappa shape index (κ2) is 4.40. The van der Waals surface area contributed by atoms with Crippen LogP contribution in [0.15, 0.2) is 16.5 Å². The van der Waals surface area contributed by atoms with Crippen LogP contribution in [0, 0.1) is 12.3 Å². The van der Waals surface area contributed by atoms with Crippen molar-refractivity contribution >= 4 is 29.1 Å². The summed E-state index contributed by atoms with van der Waals surface area (Å²) in [5.74, 6) is 0.853. The van der Waals surface area contributed by atoms with E-state index in [0.717, 1.165) is 0 Å². The van der Waals surface area contributed by atoms with Gasteiger partial charge < -0.3 is 14.8 Å². The average Bonchev–Trinajstić information content (AvgIpc) is 2.63. The largest absolute Gasteiger partial charge is 0.463 e. The van der Waals surface area contributed by atoms with E-state index in [2.05, 4.69) is 5.32 Å². The molecule has 1 aliphatic rings. The van der Waals surface area contributed by atoms with Crippen LogP contribution in [0.2, 0.25) is 0 Å². The third kappa shape index (κ3) is 2.62. The summed E-state index contributed by atoms with van der Waals surface area (Å²) in [6.45, 7) is 5.11. The predicted octanol–water partition coefficient (Wildman–Crippen LogP) is 2.50. The number of amides is 1. The molecule has 1 saturated carbocycles. The summed E-state index contributed by atoms with van der Waals surface area (Å²) >= 11 is 11.9. The van der Waals surface area contributed by atoms with E-state index in [-0.39, 0.29) is 12.5 Å². The first-order chi connectivity index (χ1) is 8.58. The van der Waals surface area contributed by atoms with Crippen LogP contribution in [-0.2, 0) is 10.4 Å². The Bertz CT molecular complexity index is 510. The lowest BCUT2D eigenvalue weighted by molar-refractivity contribution is -0.127.